The molecule has 6 heteroatoms. The van der Waals surface area contributed by atoms with Gasteiger partial charge in [-0.1, -0.05) is 6.92 Å². The third-order valence-electron chi connectivity index (χ3n) is 2.71. The van der Waals surface area contributed by atoms with Crippen LogP contribution in [0.5, 0.6) is 0 Å². The van der Waals surface area contributed by atoms with E-state index in [2.05, 4.69) is 15.4 Å². The number of benzene rings is 1. The van der Waals surface area contributed by atoms with Gasteiger partial charge in [0.2, 0.25) is 5.91 Å². The molecule has 1 amide bonds. The summed E-state index contributed by atoms with van der Waals surface area (Å²) in [5.41, 5.74) is 0.158. The number of amides is 1. The second-order valence-electron chi connectivity index (χ2n) is 4.40. The number of hydrogen-bond donors (Lipinski definition) is 2. The van der Waals surface area contributed by atoms with Gasteiger partial charge < -0.3 is 15.4 Å². The van der Waals surface area contributed by atoms with E-state index in [1.807, 2.05) is 13.8 Å². The highest BCUT2D eigenvalue weighted by Crippen LogP contribution is 2.17. The van der Waals surface area contributed by atoms with Crippen LogP contribution in [0.1, 0.15) is 30.6 Å². The first-order valence-electron chi connectivity index (χ1n) is 6.39. The first kappa shape index (κ1) is 16.1. The SMILES string of the molecule is CCNC(C)CC(=O)Nc1cc(C(=O)OC)ccc1F. The van der Waals surface area contributed by atoms with E-state index in [4.69, 9.17) is 0 Å². The molecule has 0 aromatic heterocycles. The molecule has 0 saturated heterocycles. The molecule has 1 atom stereocenters. The predicted octanol–water partition coefficient (Wildman–Crippen LogP) is 1.94. The average molecular weight is 282 g/mol. The van der Waals surface area contributed by atoms with Crippen LogP contribution >= 0.6 is 0 Å². The number of nitrogens with one attached hydrogen (secondary N) is 2. The lowest BCUT2D eigenvalue weighted by molar-refractivity contribution is -0.116. The highest BCUT2D eigenvalue weighted by Gasteiger charge is 2.13. The molecule has 0 aliphatic carbocycles. The molecule has 0 aliphatic rings. The molecule has 1 aromatic rings. The Hall–Kier alpha value is -1.95. The van der Waals surface area contributed by atoms with Crippen LogP contribution in [0, 0.1) is 5.82 Å². The van der Waals surface area contributed by atoms with Crippen molar-refractivity contribution in [3.05, 3.63) is 29.6 Å². The van der Waals surface area contributed by atoms with Crippen LogP contribution in [0.15, 0.2) is 18.2 Å². The maximum atomic E-state index is 13.6. The zero-order valence-corrected chi connectivity index (χ0v) is 11.8. The number of rotatable bonds is 6. The number of carbonyl (C=O) groups is 2. The molecule has 0 aliphatic heterocycles. The second-order valence-corrected chi connectivity index (χ2v) is 4.40. The van der Waals surface area contributed by atoms with Crippen LogP contribution < -0.4 is 10.6 Å². The highest BCUT2D eigenvalue weighted by molar-refractivity contribution is 5.94. The van der Waals surface area contributed by atoms with Crippen LogP contribution in [0.4, 0.5) is 10.1 Å². The van der Waals surface area contributed by atoms with Gasteiger partial charge in [-0.05, 0) is 31.7 Å². The van der Waals surface area contributed by atoms with Crippen molar-refractivity contribution in [1.82, 2.24) is 5.32 Å². The summed E-state index contributed by atoms with van der Waals surface area (Å²) < 4.78 is 18.1. The summed E-state index contributed by atoms with van der Waals surface area (Å²) in [6.07, 6.45) is 0.218. The molecule has 0 heterocycles. The Bertz CT molecular complexity index is 491. The van der Waals surface area contributed by atoms with Crippen molar-refractivity contribution in [2.24, 2.45) is 0 Å². The summed E-state index contributed by atoms with van der Waals surface area (Å²) in [6, 6.07) is 3.68. The second kappa shape index (κ2) is 7.59. The minimum Gasteiger partial charge on any atom is -0.465 e. The Balaban J connectivity index is 2.76. The Kier molecular flexibility index (Phi) is 6.11. The molecule has 1 aromatic carbocycles. The van der Waals surface area contributed by atoms with Gasteiger partial charge >= 0.3 is 5.97 Å². The van der Waals surface area contributed by atoms with Crippen molar-refractivity contribution in [2.45, 2.75) is 26.3 Å². The lowest BCUT2D eigenvalue weighted by atomic mass is 10.1. The normalized spacial score (nSPS) is 11.8. The minimum absolute atomic E-state index is 0.00755. The van der Waals surface area contributed by atoms with Crippen LogP contribution in [0.25, 0.3) is 0 Å². The molecule has 1 rings (SSSR count). The van der Waals surface area contributed by atoms with Crippen LogP contribution in [-0.2, 0) is 9.53 Å². The summed E-state index contributed by atoms with van der Waals surface area (Å²) in [5, 5.41) is 5.54. The van der Waals surface area contributed by atoms with Gasteiger partial charge in [-0.2, -0.15) is 0 Å². The first-order valence-corrected chi connectivity index (χ1v) is 6.39. The van der Waals surface area contributed by atoms with E-state index < -0.39 is 11.8 Å². The Morgan fingerprint density at radius 2 is 2.10 bits per heavy atom. The number of methoxy groups -OCH3 is 1. The van der Waals surface area contributed by atoms with E-state index in [1.165, 1.54) is 19.2 Å². The van der Waals surface area contributed by atoms with Crippen LogP contribution in [0.2, 0.25) is 0 Å². The van der Waals surface area contributed by atoms with Crippen molar-refractivity contribution in [3.63, 3.8) is 0 Å². The third kappa shape index (κ3) is 4.62. The van der Waals surface area contributed by atoms with Gasteiger partial charge in [0, 0.05) is 12.5 Å². The van der Waals surface area contributed by atoms with E-state index in [0.29, 0.717) is 0 Å². The van der Waals surface area contributed by atoms with E-state index >= 15 is 0 Å². The van der Waals surface area contributed by atoms with Gasteiger partial charge in [0.05, 0.1) is 18.4 Å². The Morgan fingerprint density at radius 3 is 2.70 bits per heavy atom. The molecule has 110 valence electrons. The van der Waals surface area contributed by atoms with Crippen LogP contribution in [-0.4, -0.2) is 31.6 Å². The van der Waals surface area contributed by atoms with Crippen molar-refractivity contribution in [2.75, 3.05) is 19.0 Å². The molecule has 2 N–H and O–H groups in total. The summed E-state index contributed by atoms with van der Waals surface area (Å²) in [7, 11) is 1.24. The van der Waals surface area contributed by atoms with E-state index in [0.717, 1.165) is 12.6 Å². The molecule has 1 unspecified atom stereocenters. The smallest absolute Gasteiger partial charge is 0.337 e. The number of hydrogen-bond acceptors (Lipinski definition) is 4. The average Bonchev–Trinajstić information content (AvgIpc) is 2.40. The number of anilines is 1. The van der Waals surface area contributed by atoms with Gasteiger partial charge in [-0.15, -0.1) is 0 Å². The van der Waals surface area contributed by atoms with E-state index in [-0.39, 0.29) is 29.6 Å². The summed E-state index contributed by atoms with van der Waals surface area (Å²) >= 11 is 0. The molecule has 0 radical (unpaired) electrons. The molecule has 0 saturated carbocycles. The third-order valence-corrected chi connectivity index (χ3v) is 2.71. The quantitative estimate of drug-likeness (QED) is 0.782. The maximum Gasteiger partial charge on any atom is 0.337 e. The predicted molar refractivity (Wildman–Crippen MR) is 74.1 cm³/mol. The van der Waals surface area contributed by atoms with Crippen molar-refractivity contribution in [1.29, 1.82) is 0 Å². The molecule has 0 fully saturated rings. The summed E-state index contributed by atoms with van der Waals surface area (Å²) in [6.45, 7) is 4.55. The lowest BCUT2D eigenvalue weighted by Gasteiger charge is -2.13. The zero-order valence-electron chi connectivity index (χ0n) is 11.8. The van der Waals surface area contributed by atoms with Crippen LogP contribution in [0.3, 0.4) is 0 Å². The number of esters is 1. The van der Waals surface area contributed by atoms with E-state index in [9.17, 15) is 14.0 Å². The molecular weight excluding hydrogens is 263 g/mol. The number of halogens is 1. The molecule has 0 spiro atoms. The highest BCUT2D eigenvalue weighted by atomic mass is 19.1. The summed E-state index contributed by atoms with van der Waals surface area (Å²) in [4.78, 5) is 23.1. The monoisotopic (exact) mass is 282 g/mol. The van der Waals surface area contributed by atoms with Crippen molar-refractivity contribution in [3.8, 4) is 0 Å². The fraction of sp³-hybridized carbons (Fsp3) is 0.429. The van der Waals surface area contributed by atoms with Gasteiger partial charge in [0.15, 0.2) is 0 Å². The van der Waals surface area contributed by atoms with Gasteiger partial charge in [0.25, 0.3) is 0 Å². The Morgan fingerprint density at radius 1 is 1.40 bits per heavy atom. The van der Waals surface area contributed by atoms with Crippen molar-refractivity contribution >= 4 is 17.6 Å². The maximum absolute atomic E-state index is 13.6. The standard InChI is InChI=1S/C14H19FN2O3/c1-4-16-9(2)7-13(18)17-12-8-10(14(19)20-3)5-6-11(12)15/h5-6,8-9,16H,4,7H2,1-3H3,(H,17,18). The number of carbonyl (C=O) groups excluding carboxylic acids is 2. The topological polar surface area (TPSA) is 67.4 Å². The molecule has 20 heavy (non-hydrogen) atoms. The molecular formula is C14H19FN2O3. The lowest BCUT2D eigenvalue weighted by Crippen LogP contribution is -2.30. The molecule has 5 nitrogen and oxygen atoms in total. The van der Waals surface area contributed by atoms with E-state index in [1.54, 1.807) is 0 Å². The summed E-state index contributed by atoms with van der Waals surface area (Å²) in [5.74, 6) is -1.50. The fourth-order valence-corrected chi connectivity index (χ4v) is 1.77. The van der Waals surface area contributed by atoms with Gasteiger partial charge in [0.1, 0.15) is 5.82 Å². The largest absolute Gasteiger partial charge is 0.465 e. The zero-order chi connectivity index (χ0) is 15.1. The first-order chi connectivity index (χ1) is 9.47. The number of ether oxygens (including phenoxy) is 1. The molecule has 0 bridgehead atoms. The fourth-order valence-electron chi connectivity index (χ4n) is 1.77. The van der Waals surface area contributed by atoms with Crippen molar-refractivity contribution < 1.29 is 18.7 Å². The van der Waals surface area contributed by atoms with Gasteiger partial charge in [-0.25, -0.2) is 9.18 Å². The Labute approximate surface area is 117 Å². The minimum atomic E-state index is -0.595. The van der Waals surface area contributed by atoms with Gasteiger partial charge in [-0.3, -0.25) is 4.79 Å².